The van der Waals surface area contributed by atoms with E-state index in [2.05, 4.69) is 20.8 Å². The minimum atomic E-state index is -1.02. The molecule has 9 heteroatoms. The van der Waals surface area contributed by atoms with Gasteiger partial charge in [0.2, 0.25) is 0 Å². The number of hydrogen-bond donors (Lipinski definition) is 3. The van der Waals surface area contributed by atoms with E-state index in [9.17, 15) is 22.4 Å². The van der Waals surface area contributed by atoms with Gasteiger partial charge in [-0.05, 0) is 44.0 Å². The number of benzene rings is 2. The molecule has 0 unspecified atom stereocenters. The molecule has 2 atom stereocenters. The Hall–Kier alpha value is -2.94. The van der Waals surface area contributed by atoms with Crippen molar-refractivity contribution in [1.82, 2.24) is 15.5 Å². The second-order valence-electron chi connectivity index (χ2n) is 7.83. The molecular weight excluding hydrogens is 400 g/mol. The first-order valence-electron chi connectivity index (χ1n) is 9.77. The van der Waals surface area contributed by atoms with Crippen molar-refractivity contribution in [3.05, 3.63) is 69.1 Å². The maximum Gasteiger partial charge on any atom is 0.272 e. The van der Waals surface area contributed by atoms with Gasteiger partial charge in [-0.1, -0.05) is 0 Å². The number of rotatable bonds is 2. The van der Waals surface area contributed by atoms with E-state index in [-0.39, 0.29) is 22.6 Å². The molecule has 0 amide bonds. The molecule has 156 valence electrons. The quantitative estimate of drug-likeness (QED) is 0.555. The van der Waals surface area contributed by atoms with Crippen LogP contribution in [0.1, 0.15) is 36.1 Å². The monoisotopic (exact) mass is 418 g/mol. The Morgan fingerprint density at radius 1 is 0.933 bits per heavy atom. The number of piperidine rings is 1. The van der Waals surface area contributed by atoms with Crippen LogP contribution in [0, 0.1) is 29.2 Å². The molecule has 0 bridgehead atoms. The fourth-order valence-electron chi connectivity index (χ4n) is 4.86. The Morgan fingerprint density at radius 3 is 2.30 bits per heavy atom. The molecule has 5 nitrogen and oxygen atoms in total. The van der Waals surface area contributed by atoms with Gasteiger partial charge in [0.15, 0.2) is 0 Å². The number of halogens is 4. The summed E-state index contributed by atoms with van der Waals surface area (Å²) in [5, 5.41) is 13.5. The first kappa shape index (κ1) is 19.0. The maximum atomic E-state index is 14.8. The van der Waals surface area contributed by atoms with Gasteiger partial charge >= 0.3 is 0 Å². The van der Waals surface area contributed by atoms with E-state index >= 15 is 0 Å². The van der Waals surface area contributed by atoms with E-state index < -0.39 is 40.8 Å². The highest BCUT2D eigenvalue weighted by molar-refractivity contribution is 5.97. The Morgan fingerprint density at radius 2 is 1.60 bits per heavy atom. The first-order chi connectivity index (χ1) is 14.4. The van der Waals surface area contributed by atoms with Gasteiger partial charge in [0, 0.05) is 34.7 Å². The van der Waals surface area contributed by atoms with Crippen molar-refractivity contribution < 1.29 is 17.6 Å². The molecule has 0 spiro atoms. The smallest absolute Gasteiger partial charge is 0.272 e. The van der Waals surface area contributed by atoms with E-state index in [1.54, 1.807) is 0 Å². The van der Waals surface area contributed by atoms with Crippen LogP contribution in [0.5, 0.6) is 0 Å². The highest BCUT2D eigenvalue weighted by atomic mass is 19.1. The molecule has 3 N–H and O–H groups in total. The lowest BCUT2D eigenvalue weighted by Gasteiger charge is -2.40. The number of aromatic nitrogens is 2. The SMILES string of the molecule is O=c1[nH]nc2c3c(cc(F)cc13)N[C@H](c1c(F)cc(F)cc1F)[C@H]2C1CCNCC1. The average molecular weight is 418 g/mol. The number of anilines is 1. The summed E-state index contributed by atoms with van der Waals surface area (Å²) < 4.78 is 57.3. The van der Waals surface area contributed by atoms with Gasteiger partial charge < -0.3 is 10.6 Å². The Balaban J connectivity index is 1.77. The van der Waals surface area contributed by atoms with Crippen LogP contribution < -0.4 is 16.2 Å². The van der Waals surface area contributed by atoms with Crippen LogP contribution in [-0.2, 0) is 0 Å². The number of nitrogens with zero attached hydrogens (tertiary/aromatic N) is 1. The third kappa shape index (κ3) is 2.96. The summed E-state index contributed by atoms with van der Waals surface area (Å²) in [6.45, 7) is 1.45. The largest absolute Gasteiger partial charge is 0.377 e. The molecule has 0 radical (unpaired) electrons. The lowest BCUT2D eigenvalue weighted by Crippen LogP contribution is -2.38. The minimum absolute atomic E-state index is 0.00703. The molecule has 2 aliphatic heterocycles. The number of hydrogen-bond acceptors (Lipinski definition) is 4. The van der Waals surface area contributed by atoms with E-state index in [0.717, 1.165) is 32.0 Å². The molecule has 3 aromatic rings. The molecular formula is C21H18F4N4O. The van der Waals surface area contributed by atoms with Gasteiger partial charge in [0.05, 0.1) is 17.1 Å². The summed E-state index contributed by atoms with van der Waals surface area (Å²) in [6.07, 6.45) is 1.46. The average Bonchev–Trinajstić information content (AvgIpc) is 2.70. The van der Waals surface area contributed by atoms with Crippen LogP contribution in [0.3, 0.4) is 0 Å². The fourth-order valence-corrected chi connectivity index (χ4v) is 4.86. The van der Waals surface area contributed by atoms with Gasteiger partial charge in [-0.15, -0.1) is 0 Å². The lowest BCUT2D eigenvalue weighted by molar-refractivity contribution is 0.285. The van der Waals surface area contributed by atoms with Gasteiger partial charge in [-0.3, -0.25) is 4.79 Å². The first-order valence-corrected chi connectivity index (χ1v) is 9.77. The molecule has 3 heterocycles. The number of nitrogens with one attached hydrogen (secondary N) is 3. The second kappa shape index (κ2) is 7.09. The third-order valence-electron chi connectivity index (χ3n) is 6.11. The molecule has 1 saturated heterocycles. The van der Waals surface area contributed by atoms with Crippen LogP contribution in [0.25, 0.3) is 10.8 Å². The van der Waals surface area contributed by atoms with Crippen LogP contribution in [0.4, 0.5) is 23.2 Å². The summed E-state index contributed by atoms with van der Waals surface area (Å²) in [5.41, 5.74) is -0.177. The summed E-state index contributed by atoms with van der Waals surface area (Å²) in [7, 11) is 0. The van der Waals surface area contributed by atoms with E-state index in [0.29, 0.717) is 23.2 Å². The molecule has 0 aliphatic carbocycles. The zero-order chi connectivity index (χ0) is 21.0. The third-order valence-corrected chi connectivity index (χ3v) is 6.11. The number of aromatic amines is 1. The van der Waals surface area contributed by atoms with Gasteiger partial charge in [0.1, 0.15) is 23.3 Å². The summed E-state index contributed by atoms with van der Waals surface area (Å²) in [5.74, 6) is -4.23. The summed E-state index contributed by atoms with van der Waals surface area (Å²) in [6, 6.07) is 2.64. The normalized spacial score (nSPS) is 21.6. The van der Waals surface area contributed by atoms with Crippen LogP contribution in [0.2, 0.25) is 0 Å². The molecule has 2 aliphatic rings. The highest BCUT2D eigenvalue weighted by Gasteiger charge is 2.41. The predicted octanol–water partition coefficient (Wildman–Crippen LogP) is 3.73. The molecule has 30 heavy (non-hydrogen) atoms. The summed E-state index contributed by atoms with van der Waals surface area (Å²) >= 11 is 0. The Bertz CT molecular complexity index is 1180. The van der Waals surface area contributed by atoms with Crippen molar-refractivity contribution in [2.24, 2.45) is 5.92 Å². The number of H-pyrrole nitrogens is 1. The van der Waals surface area contributed by atoms with Crippen LogP contribution in [-0.4, -0.2) is 23.3 Å². The zero-order valence-electron chi connectivity index (χ0n) is 15.7. The highest BCUT2D eigenvalue weighted by Crippen LogP contribution is 2.49. The van der Waals surface area contributed by atoms with Crippen molar-refractivity contribution in [1.29, 1.82) is 0 Å². The standard InChI is InChI=1S/C21H18F4N4O/c22-10-5-12-17-15(8-10)27-19(18-13(24)6-11(23)7-14(18)25)16(9-1-3-26-4-2-9)20(17)28-29-21(12)30/h5-9,16,19,26-27H,1-4H2,(H,29,30)/t16-,19+/m1/s1. The van der Waals surface area contributed by atoms with Crippen molar-refractivity contribution in [3.8, 4) is 0 Å². The zero-order valence-corrected chi connectivity index (χ0v) is 15.7. The van der Waals surface area contributed by atoms with E-state index in [1.165, 1.54) is 6.07 Å². The molecule has 0 saturated carbocycles. The Kier molecular flexibility index (Phi) is 4.50. The molecule has 5 rings (SSSR count). The van der Waals surface area contributed by atoms with Gasteiger partial charge in [-0.25, -0.2) is 22.7 Å². The van der Waals surface area contributed by atoms with Gasteiger partial charge in [-0.2, -0.15) is 5.10 Å². The maximum absolute atomic E-state index is 14.8. The lowest BCUT2D eigenvalue weighted by atomic mass is 9.73. The second-order valence-corrected chi connectivity index (χ2v) is 7.83. The van der Waals surface area contributed by atoms with Crippen LogP contribution in [0.15, 0.2) is 29.1 Å². The van der Waals surface area contributed by atoms with Gasteiger partial charge in [0.25, 0.3) is 5.56 Å². The van der Waals surface area contributed by atoms with Crippen molar-refractivity contribution in [2.75, 3.05) is 18.4 Å². The molecule has 2 aromatic carbocycles. The van der Waals surface area contributed by atoms with Crippen LogP contribution >= 0.6 is 0 Å². The van der Waals surface area contributed by atoms with Crippen molar-refractivity contribution in [3.63, 3.8) is 0 Å². The Labute approximate surface area is 168 Å². The van der Waals surface area contributed by atoms with E-state index in [1.807, 2.05) is 0 Å². The summed E-state index contributed by atoms with van der Waals surface area (Å²) in [4.78, 5) is 12.3. The van der Waals surface area contributed by atoms with E-state index in [4.69, 9.17) is 0 Å². The topological polar surface area (TPSA) is 69.8 Å². The fraction of sp³-hybridized carbons (Fsp3) is 0.333. The molecule has 1 fully saturated rings. The molecule has 1 aromatic heterocycles. The van der Waals surface area contributed by atoms with Crippen molar-refractivity contribution in [2.45, 2.75) is 24.8 Å². The van der Waals surface area contributed by atoms with Crippen molar-refractivity contribution >= 4 is 16.5 Å². The minimum Gasteiger partial charge on any atom is -0.377 e. The predicted molar refractivity (Wildman–Crippen MR) is 103 cm³/mol.